The van der Waals surface area contributed by atoms with E-state index in [1.807, 2.05) is 36.5 Å². The van der Waals surface area contributed by atoms with Gasteiger partial charge in [-0.25, -0.2) is 9.97 Å². The lowest BCUT2D eigenvalue weighted by Gasteiger charge is -2.34. The molecule has 0 unspecified atom stereocenters. The van der Waals surface area contributed by atoms with Crippen LogP contribution in [0.5, 0.6) is 11.6 Å². The molecule has 1 saturated carbocycles. The molecule has 0 spiro atoms. The molecule has 194 valence electrons. The van der Waals surface area contributed by atoms with Crippen molar-refractivity contribution < 1.29 is 14.3 Å². The normalized spacial score (nSPS) is 16.8. The molecule has 2 aliphatic rings. The van der Waals surface area contributed by atoms with E-state index in [2.05, 4.69) is 39.2 Å². The largest absolute Gasteiger partial charge is 0.497 e. The highest BCUT2D eigenvalue weighted by atomic mass is 16.5. The number of pyridine rings is 2. The number of anilines is 2. The van der Waals surface area contributed by atoms with Crippen LogP contribution in [0.3, 0.4) is 0 Å². The third kappa shape index (κ3) is 6.21. The van der Waals surface area contributed by atoms with E-state index in [1.54, 1.807) is 19.4 Å². The Morgan fingerprint density at radius 2 is 1.89 bits per heavy atom. The first kappa shape index (κ1) is 25.1. The molecule has 3 heterocycles. The summed E-state index contributed by atoms with van der Waals surface area (Å²) in [6.45, 7) is 4.62. The summed E-state index contributed by atoms with van der Waals surface area (Å²) in [5, 5.41) is 2.91. The van der Waals surface area contributed by atoms with E-state index >= 15 is 0 Å². The van der Waals surface area contributed by atoms with Gasteiger partial charge in [0.15, 0.2) is 0 Å². The molecule has 1 aliphatic carbocycles. The first-order valence-electron chi connectivity index (χ1n) is 13.4. The third-order valence-corrected chi connectivity index (χ3v) is 7.60. The zero-order chi connectivity index (χ0) is 25.6. The van der Waals surface area contributed by atoms with E-state index in [0.29, 0.717) is 29.8 Å². The average Bonchev–Trinajstić information content (AvgIpc) is 3.78. The summed E-state index contributed by atoms with van der Waals surface area (Å²) >= 11 is 0. The SMILES string of the molecule is CC[C@H](c1ccnc(OCC2CCN(c3cc(OC)ccc3C(=O)Nc3ccccn3)CC2)c1)C1CC1. The molecule has 2 aromatic heterocycles. The van der Waals surface area contributed by atoms with Crippen molar-refractivity contribution in [2.45, 2.75) is 44.9 Å². The van der Waals surface area contributed by atoms with Gasteiger partial charge in [-0.05, 0) is 85.8 Å². The fourth-order valence-corrected chi connectivity index (χ4v) is 5.33. The Morgan fingerprint density at radius 3 is 2.59 bits per heavy atom. The van der Waals surface area contributed by atoms with Crippen molar-refractivity contribution in [3.8, 4) is 11.6 Å². The highest BCUT2D eigenvalue weighted by molar-refractivity contribution is 6.08. The van der Waals surface area contributed by atoms with E-state index in [-0.39, 0.29) is 5.91 Å². The monoisotopic (exact) mass is 500 g/mol. The second-order valence-electron chi connectivity index (χ2n) is 10.1. The van der Waals surface area contributed by atoms with Crippen LogP contribution in [0.2, 0.25) is 0 Å². The summed E-state index contributed by atoms with van der Waals surface area (Å²) in [5.41, 5.74) is 2.86. The highest BCUT2D eigenvalue weighted by Crippen LogP contribution is 2.44. The van der Waals surface area contributed by atoms with Crippen molar-refractivity contribution in [2.24, 2.45) is 11.8 Å². The molecular formula is C30H36N4O3. The summed E-state index contributed by atoms with van der Waals surface area (Å²) in [4.78, 5) is 24.1. The minimum Gasteiger partial charge on any atom is -0.497 e. The maximum absolute atomic E-state index is 13.1. The molecule has 2 fully saturated rings. The van der Waals surface area contributed by atoms with E-state index in [1.165, 1.54) is 24.8 Å². The fraction of sp³-hybridized carbons (Fsp3) is 0.433. The molecule has 1 N–H and O–H groups in total. The number of hydrogen-bond acceptors (Lipinski definition) is 6. The Hall–Kier alpha value is -3.61. The van der Waals surface area contributed by atoms with Crippen molar-refractivity contribution >= 4 is 17.4 Å². The lowest BCUT2D eigenvalue weighted by Crippen LogP contribution is -2.36. The maximum Gasteiger partial charge on any atom is 0.258 e. The zero-order valence-electron chi connectivity index (χ0n) is 21.7. The molecule has 37 heavy (non-hydrogen) atoms. The molecule has 1 atom stereocenters. The molecule has 1 aromatic carbocycles. The first-order chi connectivity index (χ1) is 18.1. The Morgan fingerprint density at radius 1 is 1.05 bits per heavy atom. The standard InChI is InChI=1S/C30H36N4O3/c1-3-25(22-7-8-22)23-11-15-32-29(18-23)37-20-21-12-16-34(17-13-21)27-19-24(36-2)9-10-26(27)30(35)33-28-6-4-5-14-31-28/h4-6,9-11,14-15,18-19,21-22,25H,3,7-8,12-13,16-17,20H2,1-2H3,(H,31,33,35)/t25-/m0/s1. The summed E-state index contributed by atoms with van der Waals surface area (Å²) in [6.07, 6.45) is 9.37. The van der Waals surface area contributed by atoms with Gasteiger partial charge in [-0.15, -0.1) is 0 Å². The van der Waals surface area contributed by atoms with Crippen LogP contribution in [0.25, 0.3) is 0 Å². The molecular weight excluding hydrogens is 464 g/mol. The van der Waals surface area contributed by atoms with Crippen molar-refractivity contribution in [1.82, 2.24) is 9.97 Å². The molecule has 0 bridgehead atoms. The van der Waals surface area contributed by atoms with E-state index in [4.69, 9.17) is 9.47 Å². The Kier molecular flexibility index (Phi) is 7.87. The molecule has 7 nitrogen and oxygen atoms in total. The van der Waals surface area contributed by atoms with Crippen LogP contribution < -0.4 is 19.7 Å². The third-order valence-electron chi connectivity index (χ3n) is 7.60. The topological polar surface area (TPSA) is 76.6 Å². The van der Waals surface area contributed by atoms with Gasteiger partial charge in [0.2, 0.25) is 5.88 Å². The number of hydrogen-bond donors (Lipinski definition) is 1. The number of benzene rings is 1. The number of carbonyl (C=O) groups is 1. The number of nitrogens with zero attached hydrogens (tertiary/aromatic N) is 3. The Bertz CT molecular complexity index is 1190. The van der Waals surface area contributed by atoms with E-state index < -0.39 is 0 Å². The van der Waals surface area contributed by atoms with E-state index in [9.17, 15) is 4.79 Å². The average molecular weight is 501 g/mol. The van der Waals surface area contributed by atoms with Crippen molar-refractivity contribution in [2.75, 3.05) is 37.0 Å². The summed E-state index contributed by atoms with van der Waals surface area (Å²) in [6, 6.07) is 15.3. The quantitative estimate of drug-likeness (QED) is 0.371. The van der Waals surface area contributed by atoms with Crippen LogP contribution in [0.15, 0.2) is 60.9 Å². The second kappa shape index (κ2) is 11.6. The van der Waals surface area contributed by atoms with Crippen LogP contribution in [-0.4, -0.2) is 42.7 Å². The number of rotatable bonds is 10. The molecule has 0 radical (unpaired) electrons. The predicted molar refractivity (Wildman–Crippen MR) is 146 cm³/mol. The highest BCUT2D eigenvalue weighted by Gasteiger charge is 2.31. The van der Waals surface area contributed by atoms with Crippen LogP contribution in [0.4, 0.5) is 11.5 Å². The van der Waals surface area contributed by atoms with Gasteiger partial charge in [-0.1, -0.05) is 13.0 Å². The summed E-state index contributed by atoms with van der Waals surface area (Å²) < 4.78 is 11.6. The van der Waals surface area contributed by atoms with Crippen LogP contribution in [-0.2, 0) is 0 Å². The number of methoxy groups -OCH3 is 1. The molecule has 1 aliphatic heterocycles. The number of carbonyl (C=O) groups excluding carboxylic acids is 1. The number of amides is 1. The molecule has 1 amide bonds. The maximum atomic E-state index is 13.1. The number of piperidine rings is 1. The Balaban J connectivity index is 1.20. The van der Waals surface area contributed by atoms with Crippen molar-refractivity contribution in [3.63, 3.8) is 0 Å². The predicted octanol–water partition coefficient (Wildman–Crippen LogP) is 5.94. The fourth-order valence-electron chi connectivity index (χ4n) is 5.33. The Labute approximate surface area is 219 Å². The molecule has 1 saturated heterocycles. The van der Waals surface area contributed by atoms with Crippen LogP contribution in [0, 0.1) is 11.8 Å². The van der Waals surface area contributed by atoms with Crippen LogP contribution >= 0.6 is 0 Å². The minimum atomic E-state index is -0.177. The zero-order valence-corrected chi connectivity index (χ0v) is 21.7. The molecule has 3 aromatic rings. The van der Waals surface area contributed by atoms with E-state index in [0.717, 1.165) is 49.2 Å². The van der Waals surface area contributed by atoms with Gasteiger partial charge in [0, 0.05) is 37.6 Å². The number of nitrogens with one attached hydrogen (secondary N) is 1. The van der Waals surface area contributed by atoms with Gasteiger partial charge in [0.25, 0.3) is 5.91 Å². The van der Waals surface area contributed by atoms with Gasteiger partial charge in [0.05, 0.1) is 25.0 Å². The van der Waals surface area contributed by atoms with Gasteiger partial charge in [0.1, 0.15) is 11.6 Å². The molecule has 7 heteroatoms. The van der Waals surface area contributed by atoms with Crippen molar-refractivity contribution in [3.05, 3.63) is 72.1 Å². The lowest BCUT2D eigenvalue weighted by molar-refractivity contribution is 0.102. The first-order valence-corrected chi connectivity index (χ1v) is 13.4. The number of aromatic nitrogens is 2. The number of ether oxygens (including phenoxy) is 2. The smallest absolute Gasteiger partial charge is 0.258 e. The van der Waals surface area contributed by atoms with Gasteiger partial charge >= 0.3 is 0 Å². The van der Waals surface area contributed by atoms with Gasteiger partial charge in [-0.2, -0.15) is 0 Å². The lowest BCUT2D eigenvalue weighted by atomic mass is 9.92. The van der Waals surface area contributed by atoms with Crippen LogP contribution in [0.1, 0.15) is 60.9 Å². The van der Waals surface area contributed by atoms with Crippen molar-refractivity contribution in [1.29, 1.82) is 0 Å². The van der Waals surface area contributed by atoms with Gasteiger partial charge < -0.3 is 19.7 Å². The second-order valence-corrected chi connectivity index (χ2v) is 10.1. The summed E-state index contributed by atoms with van der Waals surface area (Å²) in [7, 11) is 1.65. The summed E-state index contributed by atoms with van der Waals surface area (Å²) in [5.74, 6) is 3.73. The minimum absolute atomic E-state index is 0.177. The van der Waals surface area contributed by atoms with Gasteiger partial charge in [-0.3, -0.25) is 4.79 Å². The molecule has 5 rings (SSSR count).